The van der Waals surface area contributed by atoms with Gasteiger partial charge in [0.25, 0.3) is 5.69 Å². The highest BCUT2D eigenvalue weighted by Crippen LogP contribution is 2.26. The molecule has 1 amide bonds. The number of oxazole rings is 1. The Hall–Kier alpha value is -3.07. The number of carbonyl (C=O) groups is 1. The van der Waals surface area contributed by atoms with Gasteiger partial charge >= 0.3 is 0 Å². The number of hydrogen-bond acceptors (Lipinski definition) is 6. The first-order valence-corrected chi connectivity index (χ1v) is 8.06. The lowest BCUT2D eigenvalue weighted by Gasteiger charge is -2.05. The minimum Gasteiger partial charge on any atom is -0.440 e. The minimum atomic E-state index is -0.755. The molecule has 0 fully saturated rings. The van der Waals surface area contributed by atoms with E-state index in [1.165, 1.54) is 11.3 Å². The summed E-state index contributed by atoms with van der Waals surface area (Å²) in [6, 6.07) is 6.64. The zero-order chi connectivity index (χ0) is 18.0. The van der Waals surface area contributed by atoms with E-state index in [1.54, 1.807) is 6.92 Å². The van der Waals surface area contributed by atoms with Gasteiger partial charge in [-0.3, -0.25) is 14.9 Å². The minimum absolute atomic E-state index is 0.136. The fraction of sp³-hybridized carbons (Fsp3) is 0.125. The first kappa shape index (κ1) is 16.8. The van der Waals surface area contributed by atoms with Crippen molar-refractivity contribution in [2.24, 2.45) is 0 Å². The summed E-state index contributed by atoms with van der Waals surface area (Å²) in [6.07, 6.45) is -0.136. The Kier molecular flexibility index (Phi) is 4.57. The van der Waals surface area contributed by atoms with Crippen LogP contribution in [-0.2, 0) is 11.2 Å². The van der Waals surface area contributed by atoms with Crippen LogP contribution in [-0.4, -0.2) is 15.8 Å². The molecule has 0 radical (unpaired) electrons. The predicted octanol–water partition coefficient (Wildman–Crippen LogP) is 3.94. The first-order chi connectivity index (χ1) is 11.9. The number of nitrogens with zero attached hydrogens (tertiary/aromatic N) is 2. The van der Waals surface area contributed by atoms with Crippen molar-refractivity contribution in [3.8, 4) is 10.8 Å². The lowest BCUT2D eigenvalue weighted by atomic mass is 10.2. The van der Waals surface area contributed by atoms with Gasteiger partial charge in [0.1, 0.15) is 11.6 Å². The van der Waals surface area contributed by atoms with Gasteiger partial charge in [0.15, 0.2) is 0 Å². The van der Waals surface area contributed by atoms with Crippen molar-refractivity contribution >= 4 is 28.6 Å². The van der Waals surface area contributed by atoms with E-state index in [9.17, 15) is 19.3 Å². The second kappa shape index (κ2) is 6.81. The number of aromatic nitrogens is 1. The summed E-state index contributed by atoms with van der Waals surface area (Å²) in [4.78, 5) is 27.3. The van der Waals surface area contributed by atoms with E-state index in [-0.39, 0.29) is 17.8 Å². The van der Waals surface area contributed by atoms with Gasteiger partial charge < -0.3 is 9.73 Å². The number of amides is 1. The van der Waals surface area contributed by atoms with Crippen LogP contribution in [0.15, 0.2) is 40.1 Å². The van der Waals surface area contributed by atoms with Crippen LogP contribution in [0.5, 0.6) is 0 Å². The van der Waals surface area contributed by atoms with Crippen LogP contribution in [0.2, 0.25) is 0 Å². The average Bonchev–Trinajstić information content (AvgIpc) is 3.20. The normalized spacial score (nSPS) is 10.6. The Morgan fingerprint density at radius 3 is 2.92 bits per heavy atom. The lowest BCUT2D eigenvalue weighted by Crippen LogP contribution is -2.16. The van der Waals surface area contributed by atoms with Gasteiger partial charge in [-0.05, 0) is 24.4 Å². The summed E-state index contributed by atoms with van der Waals surface area (Å²) >= 11 is 1.46. The fourth-order valence-corrected chi connectivity index (χ4v) is 2.82. The summed E-state index contributed by atoms with van der Waals surface area (Å²) in [5.41, 5.74) is -0.139. The largest absolute Gasteiger partial charge is 0.440 e. The van der Waals surface area contributed by atoms with E-state index in [0.29, 0.717) is 17.3 Å². The molecule has 0 spiro atoms. The van der Waals surface area contributed by atoms with Crippen LogP contribution in [0.3, 0.4) is 0 Å². The molecule has 3 aromatic rings. The van der Waals surface area contributed by atoms with Crippen molar-refractivity contribution in [3.05, 3.63) is 63.1 Å². The molecule has 128 valence electrons. The highest BCUT2D eigenvalue weighted by Gasteiger charge is 2.17. The zero-order valence-electron chi connectivity index (χ0n) is 13.0. The van der Waals surface area contributed by atoms with Gasteiger partial charge in [-0.15, -0.1) is 11.3 Å². The summed E-state index contributed by atoms with van der Waals surface area (Å²) in [6.45, 7) is 1.68. The van der Waals surface area contributed by atoms with Crippen LogP contribution >= 0.6 is 11.3 Å². The SMILES string of the molecule is Cc1oc(-c2cccs2)nc1CC(=O)Nc1cc([N+](=O)[O-])ccc1F. The Labute approximate surface area is 145 Å². The van der Waals surface area contributed by atoms with Crippen molar-refractivity contribution in [1.82, 2.24) is 4.98 Å². The Balaban J connectivity index is 1.75. The monoisotopic (exact) mass is 361 g/mol. The van der Waals surface area contributed by atoms with Crippen LogP contribution in [0.1, 0.15) is 11.5 Å². The molecule has 0 saturated heterocycles. The standard InChI is InChI=1S/C16H12FN3O4S/c1-9-12(19-16(24-9)14-3-2-6-25-14)8-15(21)18-13-7-10(20(22)23)4-5-11(13)17/h2-7H,8H2,1H3,(H,18,21). The molecular weight excluding hydrogens is 349 g/mol. The van der Waals surface area contributed by atoms with Crippen LogP contribution < -0.4 is 5.32 Å². The van der Waals surface area contributed by atoms with Gasteiger partial charge in [-0.25, -0.2) is 9.37 Å². The summed E-state index contributed by atoms with van der Waals surface area (Å²) in [5.74, 6) is -0.404. The molecule has 0 unspecified atom stereocenters. The molecule has 0 aliphatic heterocycles. The highest BCUT2D eigenvalue weighted by atomic mass is 32.1. The molecule has 0 atom stereocenters. The number of anilines is 1. The Bertz CT molecular complexity index is 937. The maximum atomic E-state index is 13.7. The molecule has 0 aliphatic rings. The van der Waals surface area contributed by atoms with Crippen LogP contribution in [0, 0.1) is 22.9 Å². The van der Waals surface area contributed by atoms with Gasteiger partial charge in [-0.2, -0.15) is 0 Å². The van der Waals surface area contributed by atoms with Crippen molar-refractivity contribution in [2.75, 3.05) is 5.32 Å². The molecule has 25 heavy (non-hydrogen) atoms. The molecule has 0 saturated carbocycles. The average molecular weight is 361 g/mol. The van der Waals surface area contributed by atoms with E-state index in [4.69, 9.17) is 4.42 Å². The Morgan fingerprint density at radius 2 is 2.24 bits per heavy atom. The fourth-order valence-electron chi connectivity index (χ4n) is 2.17. The van der Waals surface area contributed by atoms with E-state index < -0.39 is 16.6 Å². The second-order valence-electron chi connectivity index (χ2n) is 5.15. The number of benzene rings is 1. The van der Waals surface area contributed by atoms with Crippen molar-refractivity contribution in [1.29, 1.82) is 0 Å². The van der Waals surface area contributed by atoms with Gasteiger partial charge in [0, 0.05) is 12.1 Å². The molecule has 3 rings (SSSR count). The number of halogens is 1. The third kappa shape index (κ3) is 3.72. The van der Waals surface area contributed by atoms with Gasteiger partial charge in [0.2, 0.25) is 11.8 Å². The number of hydrogen-bond donors (Lipinski definition) is 1. The maximum absolute atomic E-state index is 13.7. The molecule has 1 N–H and O–H groups in total. The zero-order valence-corrected chi connectivity index (χ0v) is 13.8. The lowest BCUT2D eigenvalue weighted by molar-refractivity contribution is -0.384. The molecule has 2 heterocycles. The molecule has 0 aliphatic carbocycles. The summed E-state index contributed by atoms with van der Waals surface area (Å²) in [7, 11) is 0. The quantitative estimate of drug-likeness (QED) is 0.548. The molecular formula is C16H12FN3O4S. The van der Waals surface area contributed by atoms with Gasteiger partial charge in [-0.1, -0.05) is 6.07 Å². The van der Waals surface area contributed by atoms with E-state index in [2.05, 4.69) is 10.3 Å². The highest BCUT2D eigenvalue weighted by molar-refractivity contribution is 7.13. The van der Waals surface area contributed by atoms with Crippen LogP contribution in [0.25, 0.3) is 10.8 Å². The van der Waals surface area contributed by atoms with Gasteiger partial charge in [0.05, 0.1) is 27.6 Å². The molecule has 7 nitrogen and oxygen atoms in total. The number of thiophene rings is 1. The number of nitro benzene ring substituents is 1. The number of non-ortho nitro benzene ring substituents is 1. The number of aryl methyl sites for hydroxylation is 1. The number of nitrogens with one attached hydrogen (secondary N) is 1. The van der Waals surface area contributed by atoms with Crippen molar-refractivity contribution in [2.45, 2.75) is 13.3 Å². The smallest absolute Gasteiger partial charge is 0.271 e. The third-order valence-corrected chi connectivity index (χ3v) is 4.25. The number of nitro groups is 1. The van der Waals surface area contributed by atoms with Crippen LogP contribution in [0.4, 0.5) is 15.8 Å². The maximum Gasteiger partial charge on any atom is 0.271 e. The third-order valence-electron chi connectivity index (χ3n) is 3.39. The van der Waals surface area contributed by atoms with E-state index >= 15 is 0 Å². The molecule has 0 bridgehead atoms. The second-order valence-corrected chi connectivity index (χ2v) is 6.09. The number of rotatable bonds is 5. The predicted molar refractivity (Wildman–Crippen MR) is 89.9 cm³/mol. The topological polar surface area (TPSA) is 98.3 Å². The summed E-state index contributed by atoms with van der Waals surface area (Å²) in [5, 5.41) is 15.0. The van der Waals surface area contributed by atoms with Crippen molar-refractivity contribution < 1.29 is 18.5 Å². The van der Waals surface area contributed by atoms with E-state index in [0.717, 1.165) is 23.1 Å². The molecule has 2 aromatic heterocycles. The molecule has 9 heteroatoms. The Morgan fingerprint density at radius 1 is 1.44 bits per heavy atom. The number of carbonyl (C=O) groups excluding carboxylic acids is 1. The first-order valence-electron chi connectivity index (χ1n) is 7.18. The molecule has 1 aromatic carbocycles. The summed E-state index contributed by atoms with van der Waals surface area (Å²) < 4.78 is 19.3. The van der Waals surface area contributed by atoms with Crippen molar-refractivity contribution in [3.63, 3.8) is 0 Å². The van der Waals surface area contributed by atoms with E-state index in [1.807, 2.05) is 17.5 Å².